The molecule has 0 spiro atoms. The van der Waals surface area contributed by atoms with Crippen LogP contribution >= 0.6 is 15.9 Å². The van der Waals surface area contributed by atoms with Gasteiger partial charge in [-0.25, -0.2) is 9.78 Å². The highest BCUT2D eigenvalue weighted by Gasteiger charge is 2.20. The number of nitrogens with zero attached hydrogens (tertiary/aromatic N) is 3. The molecule has 0 bridgehead atoms. The zero-order chi connectivity index (χ0) is 24.8. The maximum absolute atomic E-state index is 13.4. The molecule has 1 heterocycles. The molecule has 0 aliphatic rings. The fourth-order valence-electron chi connectivity index (χ4n) is 3.30. The molecule has 0 amide bonds. The number of aromatic nitrogens is 2. The third kappa shape index (κ3) is 5.47. The third-order valence-electron chi connectivity index (χ3n) is 5.34. The normalized spacial score (nSPS) is 13.1. The first kappa shape index (κ1) is 25.4. The second-order valence-electron chi connectivity index (χ2n) is 7.69. The Morgan fingerprint density at radius 2 is 2.00 bits per heavy atom. The average molecular weight is 530 g/mol. The summed E-state index contributed by atoms with van der Waals surface area (Å²) in [5.41, 5.74) is 0.874. The first-order valence-electron chi connectivity index (χ1n) is 11.1. The number of methoxy groups -OCH3 is 1. The van der Waals surface area contributed by atoms with Gasteiger partial charge in [0, 0.05) is 16.0 Å². The number of para-hydroxylation sites is 1. The number of esters is 1. The van der Waals surface area contributed by atoms with Crippen LogP contribution in [0.1, 0.15) is 51.4 Å². The van der Waals surface area contributed by atoms with Gasteiger partial charge in [0.15, 0.2) is 17.6 Å². The summed E-state index contributed by atoms with van der Waals surface area (Å²) in [6, 6.07) is 10.7. The Labute approximate surface area is 206 Å². The quantitative estimate of drug-likeness (QED) is 0.289. The maximum Gasteiger partial charge on any atom is 0.347 e. The summed E-state index contributed by atoms with van der Waals surface area (Å²) < 4.78 is 18.5. The predicted octanol–water partition coefficient (Wildman–Crippen LogP) is 4.89. The van der Waals surface area contributed by atoms with Crippen molar-refractivity contribution in [2.24, 2.45) is 5.10 Å². The van der Waals surface area contributed by atoms with Crippen LogP contribution in [0.3, 0.4) is 0 Å². The van der Waals surface area contributed by atoms with Gasteiger partial charge in [-0.1, -0.05) is 35.8 Å². The van der Waals surface area contributed by atoms with Gasteiger partial charge in [0.25, 0.3) is 5.56 Å². The van der Waals surface area contributed by atoms with E-state index < -0.39 is 12.1 Å². The van der Waals surface area contributed by atoms with Crippen molar-refractivity contribution < 1.29 is 19.0 Å². The van der Waals surface area contributed by atoms with Crippen molar-refractivity contribution in [2.75, 3.05) is 13.7 Å². The van der Waals surface area contributed by atoms with Crippen molar-refractivity contribution in [1.82, 2.24) is 9.66 Å². The zero-order valence-corrected chi connectivity index (χ0v) is 21.5. The Morgan fingerprint density at radius 1 is 1.24 bits per heavy atom. The lowest BCUT2D eigenvalue weighted by molar-refractivity contribution is -0.150. The number of carbonyl (C=O) groups is 1. The number of halogens is 1. The molecule has 0 N–H and O–H groups in total. The van der Waals surface area contributed by atoms with Crippen molar-refractivity contribution in [2.45, 2.75) is 46.1 Å². The van der Waals surface area contributed by atoms with Gasteiger partial charge in [0.1, 0.15) is 5.82 Å². The molecule has 9 heteroatoms. The smallest absolute Gasteiger partial charge is 0.347 e. The number of ether oxygens (including phenoxy) is 3. The van der Waals surface area contributed by atoms with Crippen LogP contribution in [-0.4, -0.2) is 41.7 Å². The molecular formula is C25H28BrN3O5. The van der Waals surface area contributed by atoms with Crippen molar-refractivity contribution in [3.8, 4) is 11.5 Å². The summed E-state index contributed by atoms with van der Waals surface area (Å²) >= 11 is 3.42. The molecule has 0 aliphatic heterocycles. The second kappa shape index (κ2) is 11.3. The van der Waals surface area contributed by atoms with Gasteiger partial charge >= 0.3 is 5.97 Å². The van der Waals surface area contributed by atoms with Gasteiger partial charge in [-0.05, 0) is 50.6 Å². The summed E-state index contributed by atoms with van der Waals surface area (Å²) in [6.07, 6.45) is 1.43. The van der Waals surface area contributed by atoms with E-state index in [1.807, 2.05) is 26.0 Å². The highest BCUT2D eigenvalue weighted by Crippen LogP contribution is 2.31. The van der Waals surface area contributed by atoms with Gasteiger partial charge in [0.2, 0.25) is 0 Å². The van der Waals surface area contributed by atoms with E-state index in [-0.39, 0.29) is 18.1 Å². The molecule has 0 saturated carbocycles. The van der Waals surface area contributed by atoms with E-state index in [4.69, 9.17) is 19.2 Å². The van der Waals surface area contributed by atoms with Crippen LogP contribution in [0.4, 0.5) is 0 Å². The molecule has 2 aromatic carbocycles. The molecule has 3 aromatic rings. The van der Waals surface area contributed by atoms with Crippen LogP contribution in [-0.2, 0) is 9.53 Å². The molecule has 0 aliphatic carbocycles. The van der Waals surface area contributed by atoms with Crippen LogP contribution in [0.15, 0.2) is 50.8 Å². The minimum absolute atomic E-state index is 0.00256. The Balaban J connectivity index is 2.12. The summed E-state index contributed by atoms with van der Waals surface area (Å²) in [4.78, 5) is 30.2. The number of benzene rings is 2. The highest BCUT2D eigenvalue weighted by atomic mass is 79.9. The molecule has 180 valence electrons. The molecule has 0 fully saturated rings. The van der Waals surface area contributed by atoms with Crippen molar-refractivity contribution >= 4 is 39.0 Å². The summed E-state index contributed by atoms with van der Waals surface area (Å²) in [5.74, 6) is 0.821. The molecule has 3 rings (SSSR count). The van der Waals surface area contributed by atoms with Gasteiger partial charge < -0.3 is 14.2 Å². The number of fused-ring (bicyclic) bond motifs is 1. The SMILES string of the molecule is CCOC(=O)[C@@H](C)Oc1c(C=Nn2c([C@H](C)CC)nc3ccc(Br)cc3c2=O)cccc1OC. The predicted molar refractivity (Wildman–Crippen MR) is 135 cm³/mol. The van der Waals surface area contributed by atoms with Crippen molar-refractivity contribution in [3.63, 3.8) is 0 Å². The lowest BCUT2D eigenvalue weighted by Gasteiger charge is -2.18. The van der Waals surface area contributed by atoms with Crippen molar-refractivity contribution in [3.05, 3.63) is 62.6 Å². The van der Waals surface area contributed by atoms with Gasteiger partial charge in [0.05, 0.1) is 30.8 Å². The molecule has 0 saturated heterocycles. The summed E-state index contributed by atoms with van der Waals surface area (Å²) in [5, 5.41) is 4.95. The molecule has 34 heavy (non-hydrogen) atoms. The van der Waals surface area contributed by atoms with E-state index in [0.717, 1.165) is 10.9 Å². The Kier molecular flexibility index (Phi) is 8.44. The van der Waals surface area contributed by atoms with E-state index in [2.05, 4.69) is 21.0 Å². The average Bonchev–Trinajstić information content (AvgIpc) is 2.83. The fraction of sp³-hybridized carbons (Fsp3) is 0.360. The van der Waals surface area contributed by atoms with Gasteiger partial charge in [-0.15, -0.1) is 0 Å². The largest absolute Gasteiger partial charge is 0.493 e. The lowest BCUT2D eigenvalue weighted by atomic mass is 10.1. The standard InChI is InChI=1S/C25H28BrN3O5/c1-6-15(3)23-28-20-12-11-18(26)13-19(20)24(30)29(23)27-14-17-9-8-10-21(32-5)22(17)34-16(4)25(31)33-7-2/h8-16H,6-7H2,1-5H3/t15-,16-/m1/s1. The number of rotatable bonds is 9. The van der Waals surface area contributed by atoms with Crippen LogP contribution in [0.25, 0.3) is 10.9 Å². The van der Waals surface area contributed by atoms with E-state index >= 15 is 0 Å². The van der Waals surface area contributed by atoms with Gasteiger partial charge in [-0.3, -0.25) is 4.79 Å². The van der Waals surface area contributed by atoms with Crippen LogP contribution in [0.5, 0.6) is 11.5 Å². The van der Waals surface area contributed by atoms with E-state index in [1.54, 1.807) is 38.1 Å². The van der Waals surface area contributed by atoms with E-state index in [0.29, 0.717) is 33.8 Å². The molecule has 1 aromatic heterocycles. The second-order valence-corrected chi connectivity index (χ2v) is 8.61. The molecular weight excluding hydrogens is 502 g/mol. The number of hydrogen-bond donors (Lipinski definition) is 0. The van der Waals surface area contributed by atoms with Crippen LogP contribution in [0.2, 0.25) is 0 Å². The molecule has 0 radical (unpaired) electrons. The van der Waals surface area contributed by atoms with Gasteiger partial charge in [-0.2, -0.15) is 9.78 Å². The topological polar surface area (TPSA) is 92.0 Å². The Morgan fingerprint density at radius 3 is 2.68 bits per heavy atom. The monoisotopic (exact) mass is 529 g/mol. The minimum Gasteiger partial charge on any atom is -0.493 e. The first-order valence-corrected chi connectivity index (χ1v) is 11.9. The highest BCUT2D eigenvalue weighted by molar-refractivity contribution is 9.10. The third-order valence-corrected chi connectivity index (χ3v) is 5.83. The Bertz CT molecular complexity index is 1270. The lowest BCUT2D eigenvalue weighted by Crippen LogP contribution is -2.26. The fourth-order valence-corrected chi connectivity index (χ4v) is 3.67. The van der Waals surface area contributed by atoms with Crippen LogP contribution in [0, 0.1) is 0 Å². The molecule has 8 nitrogen and oxygen atoms in total. The van der Waals surface area contributed by atoms with Crippen LogP contribution < -0.4 is 15.0 Å². The Hall–Kier alpha value is -3.20. The zero-order valence-electron chi connectivity index (χ0n) is 19.9. The number of hydrogen-bond acceptors (Lipinski definition) is 7. The molecule has 2 atom stereocenters. The number of carbonyl (C=O) groups excluding carboxylic acids is 1. The summed E-state index contributed by atoms with van der Waals surface area (Å²) in [7, 11) is 1.51. The van der Waals surface area contributed by atoms with Crippen molar-refractivity contribution in [1.29, 1.82) is 0 Å². The van der Waals surface area contributed by atoms with E-state index in [1.165, 1.54) is 18.0 Å². The summed E-state index contributed by atoms with van der Waals surface area (Å²) in [6.45, 7) is 7.61. The molecule has 0 unspecified atom stereocenters. The minimum atomic E-state index is -0.860. The maximum atomic E-state index is 13.4. The van der Waals surface area contributed by atoms with E-state index in [9.17, 15) is 9.59 Å². The first-order chi connectivity index (χ1) is 16.3.